The van der Waals surface area contributed by atoms with E-state index in [0.717, 1.165) is 32.5 Å². The van der Waals surface area contributed by atoms with Crippen LogP contribution in [0.5, 0.6) is 0 Å². The largest absolute Gasteiger partial charge is 0.377 e. The molecule has 1 aromatic rings. The molecule has 2 heteroatoms. The highest BCUT2D eigenvalue weighted by Gasteiger charge is 2.36. The number of ether oxygens (including phenoxy) is 1. The summed E-state index contributed by atoms with van der Waals surface area (Å²) in [5.74, 6) is 0. The third-order valence-corrected chi connectivity index (χ3v) is 3.72. The van der Waals surface area contributed by atoms with E-state index >= 15 is 0 Å². The van der Waals surface area contributed by atoms with Crippen LogP contribution in [0.15, 0.2) is 30.3 Å². The first-order chi connectivity index (χ1) is 7.78. The average Bonchev–Trinajstić information content (AvgIpc) is 2.75. The second-order valence-electron chi connectivity index (χ2n) is 4.69. The maximum atomic E-state index is 5.67. The van der Waals surface area contributed by atoms with Crippen molar-refractivity contribution in [1.29, 1.82) is 0 Å². The quantitative estimate of drug-likeness (QED) is 0.772. The molecule has 0 bridgehead atoms. The van der Waals surface area contributed by atoms with Crippen LogP contribution in [-0.2, 0) is 11.3 Å². The van der Waals surface area contributed by atoms with E-state index in [1.807, 2.05) is 7.11 Å². The molecule has 0 aliphatic carbocycles. The summed E-state index contributed by atoms with van der Waals surface area (Å²) in [6.45, 7) is 5.48. The fraction of sp³-hybridized carbons (Fsp3) is 0.571. The third-order valence-electron chi connectivity index (χ3n) is 3.72. The summed E-state index contributed by atoms with van der Waals surface area (Å²) in [7, 11) is 1.84. The minimum Gasteiger partial charge on any atom is -0.377 e. The van der Waals surface area contributed by atoms with Crippen LogP contribution in [0.3, 0.4) is 0 Å². The lowest BCUT2D eigenvalue weighted by Gasteiger charge is -2.26. The minimum atomic E-state index is 0.106. The van der Waals surface area contributed by atoms with Gasteiger partial charge in [-0.25, -0.2) is 0 Å². The monoisotopic (exact) mass is 219 g/mol. The number of rotatable bonds is 4. The van der Waals surface area contributed by atoms with Crippen LogP contribution in [0.1, 0.15) is 25.3 Å². The van der Waals surface area contributed by atoms with Crippen molar-refractivity contribution in [3.05, 3.63) is 35.9 Å². The van der Waals surface area contributed by atoms with Crippen LogP contribution in [-0.4, -0.2) is 30.7 Å². The van der Waals surface area contributed by atoms with Crippen LogP contribution in [0, 0.1) is 0 Å². The predicted molar refractivity (Wildman–Crippen MR) is 66.4 cm³/mol. The maximum absolute atomic E-state index is 5.67. The molecule has 1 atom stereocenters. The summed E-state index contributed by atoms with van der Waals surface area (Å²) in [6.07, 6.45) is 2.27. The van der Waals surface area contributed by atoms with Crippen LogP contribution < -0.4 is 0 Å². The topological polar surface area (TPSA) is 12.5 Å². The molecule has 0 amide bonds. The number of nitrogens with zero attached hydrogens (tertiary/aromatic N) is 1. The van der Waals surface area contributed by atoms with E-state index in [0.29, 0.717) is 0 Å². The molecular weight excluding hydrogens is 198 g/mol. The zero-order chi connectivity index (χ0) is 11.4. The van der Waals surface area contributed by atoms with Crippen molar-refractivity contribution in [1.82, 2.24) is 4.90 Å². The fourth-order valence-electron chi connectivity index (χ4n) is 2.50. The second-order valence-corrected chi connectivity index (χ2v) is 4.69. The van der Waals surface area contributed by atoms with Gasteiger partial charge in [-0.1, -0.05) is 37.3 Å². The van der Waals surface area contributed by atoms with Gasteiger partial charge in [0.2, 0.25) is 0 Å². The van der Waals surface area contributed by atoms with Gasteiger partial charge >= 0.3 is 0 Å². The Balaban J connectivity index is 1.95. The predicted octanol–water partition coefficient (Wildman–Crippen LogP) is 2.69. The Morgan fingerprint density at radius 3 is 2.62 bits per heavy atom. The van der Waals surface area contributed by atoms with Gasteiger partial charge < -0.3 is 4.74 Å². The molecule has 0 spiro atoms. The molecule has 2 rings (SSSR count). The smallest absolute Gasteiger partial charge is 0.0814 e. The summed E-state index contributed by atoms with van der Waals surface area (Å²) >= 11 is 0. The van der Waals surface area contributed by atoms with Crippen molar-refractivity contribution < 1.29 is 4.74 Å². The number of benzene rings is 1. The summed E-state index contributed by atoms with van der Waals surface area (Å²) in [5.41, 5.74) is 1.50. The Hall–Kier alpha value is -0.860. The molecule has 0 N–H and O–H groups in total. The van der Waals surface area contributed by atoms with Crippen molar-refractivity contribution in [2.24, 2.45) is 0 Å². The number of methoxy groups -OCH3 is 1. The maximum Gasteiger partial charge on any atom is 0.0814 e. The molecule has 0 unspecified atom stereocenters. The highest BCUT2D eigenvalue weighted by Crippen LogP contribution is 2.28. The zero-order valence-electron chi connectivity index (χ0n) is 10.3. The van der Waals surface area contributed by atoms with Gasteiger partial charge in [0, 0.05) is 26.7 Å². The lowest BCUT2D eigenvalue weighted by Crippen LogP contribution is -2.34. The van der Waals surface area contributed by atoms with E-state index < -0.39 is 0 Å². The van der Waals surface area contributed by atoms with E-state index in [4.69, 9.17) is 4.74 Å². The molecule has 2 nitrogen and oxygen atoms in total. The van der Waals surface area contributed by atoms with Gasteiger partial charge in [0.1, 0.15) is 0 Å². The zero-order valence-corrected chi connectivity index (χ0v) is 10.3. The molecule has 88 valence electrons. The number of hydrogen-bond donors (Lipinski definition) is 0. The van der Waals surface area contributed by atoms with Gasteiger partial charge in [-0.3, -0.25) is 4.90 Å². The molecule has 1 fully saturated rings. The first-order valence-corrected chi connectivity index (χ1v) is 6.09. The highest BCUT2D eigenvalue weighted by molar-refractivity contribution is 5.14. The Morgan fingerprint density at radius 1 is 1.31 bits per heavy atom. The number of likely N-dealkylation sites (tertiary alicyclic amines) is 1. The molecule has 0 aromatic heterocycles. The first kappa shape index (κ1) is 11.6. The van der Waals surface area contributed by atoms with E-state index in [-0.39, 0.29) is 5.60 Å². The van der Waals surface area contributed by atoms with Gasteiger partial charge in [0.25, 0.3) is 0 Å². The van der Waals surface area contributed by atoms with Gasteiger partial charge in [-0.15, -0.1) is 0 Å². The molecule has 1 aromatic carbocycles. The molecule has 16 heavy (non-hydrogen) atoms. The second kappa shape index (κ2) is 4.98. The normalized spacial score (nSPS) is 26.1. The average molecular weight is 219 g/mol. The lowest BCUT2D eigenvalue weighted by molar-refractivity contribution is -0.00503. The van der Waals surface area contributed by atoms with Gasteiger partial charge in [0.05, 0.1) is 5.60 Å². The Labute approximate surface area is 98.2 Å². The van der Waals surface area contributed by atoms with E-state index in [2.05, 4.69) is 42.2 Å². The fourth-order valence-corrected chi connectivity index (χ4v) is 2.50. The Kier molecular flexibility index (Phi) is 3.62. The van der Waals surface area contributed by atoms with Crippen molar-refractivity contribution in [2.45, 2.75) is 31.9 Å². The highest BCUT2D eigenvalue weighted by atomic mass is 16.5. The van der Waals surface area contributed by atoms with Crippen molar-refractivity contribution in [3.8, 4) is 0 Å². The summed E-state index contributed by atoms with van der Waals surface area (Å²) in [6, 6.07) is 10.7. The standard InChI is InChI=1S/C14H21NO/c1-3-14(16-2)9-10-15(12-14)11-13-7-5-4-6-8-13/h4-8H,3,9-12H2,1-2H3/t14-/m0/s1. The van der Waals surface area contributed by atoms with Gasteiger partial charge in [-0.2, -0.15) is 0 Å². The van der Waals surface area contributed by atoms with Gasteiger partial charge in [0.15, 0.2) is 0 Å². The van der Waals surface area contributed by atoms with Crippen LogP contribution in [0.4, 0.5) is 0 Å². The van der Waals surface area contributed by atoms with Gasteiger partial charge in [-0.05, 0) is 18.4 Å². The van der Waals surface area contributed by atoms with E-state index in [1.54, 1.807) is 0 Å². The Morgan fingerprint density at radius 2 is 2.06 bits per heavy atom. The molecule has 0 saturated carbocycles. The molecule has 1 saturated heterocycles. The van der Waals surface area contributed by atoms with Crippen LogP contribution in [0.2, 0.25) is 0 Å². The molecule has 0 radical (unpaired) electrons. The van der Waals surface area contributed by atoms with Crippen LogP contribution in [0.25, 0.3) is 0 Å². The van der Waals surface area contributed by atoms with E-state index in [9.17, 15) is 0 Å². The first-order valence-electron chi connectivity index (χ1n) is 6.09. The third kappa shape index (κ3) is 2.45. The van der Waals surface area contributed by atoms with Crippen molar-refractivity contribution in [3.63, 3.8) is 0 Å². The number of hydrogen-bond acceptors (Lipinski definition) is 2. The molecular formula is C14H21NO. The summed E-state index contributed by atoms with van der Waals surface area (Å²) in [5, 5.41) is 0. The van der Waals surface area contributed by atoms with Crippen molar-refractivity contribution >= 4 is 0 Å². The summed E-state index contributed by atoms with van der Waals surface area (Å²) in [4.78, 5) is 2.49. The van der Waals surface area contributed by atoms with Crippen LogP contribution >= 0.6 is 0 Å². The molecule has 1 heterocycles. The lowest BCUT2D eigenvalue weighted by atomic mass is 10.00. The molecule has 1 aliphatic rings. The minimum absolute atomic E-state index is 0.106. The SMILES string of the molecule is CC[C@]1(OC)CCN(Cc2ccccc2)C1. The Bertz CT molecular complexity index is 319. The molecule has 1 aliphatic heterocycles. The van der Waals surface area contributed by atoms with Crippen molar-refractivity contribution in [2.75, 3.05) is 20.2 Å². The summed E-state index contributed by atoms with van der Waals surface area (Å²) < 4.78 is 5.67. The van der Waals surface area contributed by atoms with E-state index in [1.165, 1.54) is 5.56 Å².